The van der Waals surface area contributed by atoms with Crippen molar-refractivity contribution in [3.63, 3.8) is 0 Å². The van der Waals surface area contributed by atoms with Crippen LogP contribution >= 0.6 is 11.3 Å². The maximum Gasteiger partial charge on any atom is 0.406 e. The number of amides is 4. The van der Waals surface area contributed by atoms with Crippen LogP contribution in [0.15, 0.2) is 24.3 Å². The van der Waals surface area contributed by atoms with E-state index in [1.165, 1.54) is 11.3 Å². The molecule has 0 spiro atoms. The lowest BCUT2D eigenvalue weighted by molar-refractivity contribution is -0.156. The van der Waals surface area contributed by atoms with Gasteiger partial charge in [0.15, 0.2) is 0 Å². The van der Waals surface area contributed by atoms with Crippen LogP contribution in [0.1, 0.15) is 18.0 Å². The van der Waals surface area contributed by atoms with E-state index in [-0.39, 0.29) is 17.6 Å². The molecule has 0 unspecified atom stereocenters. The minimum atomic E-state index is -4.78. The highest BCUT2D eigenvalue weighted by Crippen LogP contribution is 2.29. The molecule has 0 bridgehead atoms. The summed E-state index contributed by atoms with van der Waals surface area (Å²) in [5.74, 6) is -2.74. The lowest BCUT2D eigenvalue weighted by Gasteiger charge is -2.26. The van der Waals surface area contributed by atoms with Crippen molar-refractivity contribution < 1.29 is 27.6 Å². The van der Waals surface area contributed by atoms with Crippen LogP contribution in [0.3, 0.4) is 0 Å². The smallest absolute Gasteiger partial charge is 0.279 e. The lowest BCUT2D eigenvalue weighted by Crippen LogP contribution is -2.43. The molecule has 27 heavy (non-hydrogen) atoms. The summed E-state index contributed by atoms with van der Waals surface area (Å²) in [6, 6.07) is 5.89. The second-order valence-corrected chi connectivity index (χ2v) is 7.18. The van der Waals surface area contributed by atoms with Crippen LogP contribution in [0.25, 0.3) is 10.2 Å². The van der Waals surface area contributed by atoms with Crippen LogP contribution in [0.2, 0.25) is 0 Å². The number of benzene rings is 1. The quantitative estimate of drug-likeness (QED) is 0.570. The van der Waals surface area contributed by atoms with Crippen molar-refractivity contribution in [1.82, 2.24) is 19.7 Å². The van der Waals surface area contributed by atoms with Gasteiger partial charge in [0, 0.05) is 0 Å². The second kappa shape index (κ2) is 6.89. The number of aromatic nitrogens is 1. The number of hydrogen-bond donors (Lipinski definition) is 0. The number of carbonyl (C=O) groups excluding carboxylic acids is 3. The number of nitrogens with zero attached hydrogens (tertiary/aromatic N) is 4. The molecule has 3 rings (SSSR count). The fourth-order valence-electron chi connectivity index (χ4n) is 2.60. The molecule has 1 atom stereocenters. The van der Waals surface area contributed by atoms with Crippen LogP contribution in [-0.4, -0.2) is 64.0 Å². The predicted octanol–water partition coefficient (Wildman–Crippen LogP) is 2.60. The van der Waals surface area contributed by atoms with E-state index in [0.717, 1.165) is 15.2 Å². The van der Waals surface area contributed by atoms with Gasteiger partial charge in [0.25, 0.3) is 0 Å². The third-order valence-electron chi connectivity index (χ3n) is 4.17. The number of imide groups is 2. The fourth-order valence-corrected chi connectivity index (χ4v) is 3.68. The van der Waals surface area contributed by atoms with Crippen LogP contribution in [0.4, 0.5) is 18.0 Å². The summed E-state index contributed by atoms with van der Waals surface area (Å²) >= 11 is 1.43. The molecule has 2 aromatic rings. The molecule has 0 N–H and O–H groups in total. The molecule has 0 radical (unpaired) electrons. The summed E-state index contributed by atoms with van der Waals surface area (Å²) in [7, 11) is 1.59. The van der Waals surface area contributed by atoms with Gasteiger partial charge in [-0.2, -0.15) is 13.2 Å². The van der Waals surface area contributed by atoms with E-state index in [9.17, 15) is 27.6 Å². The van der Waals surface area contributed by atoms with Gasteiger partial charge in [0.2, 0.25) is 0 Å². The van der Waals surface area contributed by atoms with E-state index in [1.54, 1.807) is 18.9 Å². The number of thiazole rings is 1. The first-order chi connectivity index (χ1) is 12.6. The molecule has 1 aliphatic rings. The van der Waals surface area contributed by atoms with Crippen LogP contribution in [-0.2, 0) is 9.59 Å². The molecule has 1 fully saturated rings. The number of hydrogen-bond acceptors (Lipinski definition) is 6. The monoisotopic (exact) mass is 400 g/mol. The van der Waals surface area contributed by atoms with Crippen LogP contribution < -0.4 is 0 Å². The Bertz CT molecular complexity index is 881. The number of halogens is 3. The SMILES string of the molecule is C[C@@H](c1nc2ccccc2s1)N(C)CN1C(=O)C(=O)N(CC(F)(F)F)C1=O. The number of fused-ring (bicyclic) bond motifs is 1. The van der Waals surface area contributed by atoms with Crippen molar-refractivity contribution in [1.29, 1.82) is 0 Å². The van der Waals surface area contributed by atoms with Crippen molar-refractivity contribution in [3.8, 4) is 0 Å². The molecular weight excluding hydrogens is 385 g/mol. The molecule has 1 saturated heterocycles. The third kappa shape index (κ3) is 3.78. The fraction of sp³-hybridized carbons (Fsp3) is 0.375. The first-order valence-corrected chi connectivity index (χ1v) is 8.70. The Morgan fingerprint density at radius 1 is 1.15 bits per heavy atom. The molecule has 1 aliphatic heterocycles. The second-order valence-electron chi connectivity index (χ2n) is 6.12. The number of urea groups is 1. The number of carbonyl (C=O) groups is 3. The van der Waals surface area contributed by atoms with Gasteiger partial charge in [-0.1, -0.05) is 12.1 Å². The summed E-state index contributed by atoms with van der Waals surface area (Å²) in [5, 5.41) is 0.719. The average molecular weight is 400 g/mol. The molecule has 7 nitrogen and oxygen atoms in total. The van der Waals surface area contributed by atoms with Gasteiger partial charge in [-0.05, 0) is 26.1 Å². The van der Waals surface area contributed by atoms with Gasteiger partial charge >= 0.3 is 24.0 Å². The Morgan fingerprint density at radius 3 is 2.41 bits per heavy atom. The van der Waals surface area contributed by atoms with E-state index in [4.69, 9.17) is 0 Å². The van der Waals surface area contributed by atoms with Crippen LogP contribution in [0.5, 0.6) is 0 Å². The first kappa shape index (κ1) is 19.2. The van der Waals surface area contributed by atoms with E-state index < -0.39 is 30.6 Å². The van der Waals surface area contributed by atoms with Gasteiger partial charge in [-0.3, -0.25) is 14.5 Å². The van der Waals surface area contributed by atoms with E-state index in [0.29, 0.717) is 4.90 Å². The lowest BCUT2D eigenvalue weighted by atomic mass is 10.3. The highest BCUT2D eigenvalue weighted by atomic mass is 32.1. The molecular formula is C16H15F3N4O3S. The third-order valence-corrected chi connectivity index (χ3v) is 5.37. The Balaban J connectivity index is 1.74. The summed E-state index contributed by atoms with van der Waals surface area (Å²) in [5.41, 5.74) is 0.803. The topological polar surface area (TPSA) is 73.8 Å². The van der Waals surface area contributed by atoms with Crippen LogP contribution in [0, 0.1) is 0 Å². The minimum absolute atomic E-state index is 0.0848. The average Bonchev–Trinajstić information content (AvgIpc) is 3.11. The summed E-state index contributed by atoms with van der Waals surface area (Å²) < 4.78 is 38.6. The van der Waals surface area contributed by atoms with E-state index >= 15 is 0 Å². The molecule has 144 valence electrons. The number of alkyl halides is 3. The molecule has 1 aromatic carbocycles. The zero-order valence-electron chi connectivity index (χ0n) is 14.4. The molecule has 11 heteroatoms. The summed E-state index contributed by atoms with van der Waals surface area (Å²) in [4.78, 5) is 42.3. The molecule has 4 amide bonds. The van der Waals surface area contributed by atoms with Gasteiger partial charge in [-0.25, -0.2) is 19.6 Å². The predicted molar refractivity (Wildman–Crippen MR) is 90.7 cm³/mol. The highest BCUT2D eigenvalue weighted by Gasteiger charge is 2.49. The Labute approximate surface area is 156 Å². The first-order valence-electron chi connectivity index (χ1n) is 7.88. The summed E-state index contributed by atoms with van der Waals surface area (Å²) in [6.45, 7) is -0.322. The van der Waals surface area contributed by atoms with Gasteiger partial charge in [0.1, 0.15) is 11.6 Å². The summed E-state index contributed by atoms with van der Waals surface area (Å²) in [6.07, 6.45) is -4.78. The number of rotatable bonds is 5. The zero-order chi connectivity index (χ0) is 19.9. The van der Waals surface area contributed by atoms with Crippen molar-refractivity contribution in [2.75, 3.05) is 20.3 Å². The minimum Gasteiger partial charge on any atom is -0.279 e. The zero-order valence-corrected chi connectivity index (χ0v) is 15.2. The maximum atomic E-state index is 12.5. The Morgan fingerprint density at radius 2 is 1.78 bits per heavy atom. The van der Waals surface area contributed by atoms with Gasteiger partial charge in [0.05, 0.1) is 22.9 Å². The molecule has 2 heterocycles. The normalized spacial score (nSPS) is 16.9. The number of para-hydroxylation sites is 1. The van der Waals surface area contributed by atoms with E-state index in [2.05, 4.69) is 4.98 Å². The van der Waals surface area contributed by atoms with Gasteiger partial charge in [-0.15, -0.1) is 11.3 Å². The molecule has 1 aromatic heterocycles. The van der Waals surface area contributed by atoms with Crippen molar-refractivity contribution >= 4 is 39.4 Å². The Kier molecular flexibility index (Phi) is 4.91. The highest BCUT2D eigenvalue weighted by molar-refractivity contribution is 7.18. The Hall–Kier alpha value is -2.53. The van der Waals surface area contributed by atoms with Crippen molar-refractivity contribution in [2.45, 2.75) is 19.1 Å². The van der Waals surface area contributed by atoms with Gasteiger partial charge < -0.3 is 0 Å². The largest absolute Gasteiger partial charge is 0.406 e. The van der Waals surface area contributed by atoms with Crippen molar-refractivity contribution in [3.05, 3.63) is 29.3 Å². The van der Waals surface area contributed by atoms with Crippen molar-refractivity contribution in [2.24, 2.45) is 0 Å². The van der Waals surface area contributed by atoms with E-state index in [1.807, 2.05) is 24.3 Å². The standard InChI is InChI=1S/C16H15F3N4O3S/c1-9(12-20-10-5-3-4-6-11(10)27-12)21(2)8-23-14(25)13(24)22(15(23)26)7-16(17,18)19/h3-6,9H,7-8H2,1-2H3/t9-/m0/s1. The maximum absolute atomic E-state index is 12.5. The molecule has 0 aliphatic carbocycles. The molecule has 0 saturated carbocycles.